The van der Waals surface area contributed by atoms with Gasteiger partial charge in [-0.1, -0.05) is 0 Å². The summed E-state index contributed by atoms with van der Waals surface area (Å²) >= 11 is 5.42. The molecule has 0 unspecified atom stereocenters. The Balaban J connectivity index is 3.03. The fraction of sp³-hybridized carbons (Fsp3) is 0.444. The van der Waals surface area contributed by atoms with Crippen LogP contribution < -0.4 is 0 Å². The molecule has 0 aromatic carbocycles. The van der Waals surface area contributed by atoms with E-state index in [9.17, 15) is 13.2 Å². The molecule has 0 aliphatic rings. The topological polar surface area (TPSA) is 86.2 Å². The van der Waals surface area contributed by atoms with Crippen molar-refractivity contribution in [3.8, 4) is 0 Å². The Morgan fingerprint density at radius 3 is 2.76 bits per heavy atom. The number of sulfone groups is 1. The Morgan fingerprint density at radius 2 is 2.18 bits per heavy atom. The van der Waals surface area contributed by atoms with Crippen molar-refractivity contribution in [3.05, 3.63) is 18.1 Å². The third-order valence-corrected chi connectivity index (χ3v) is 3.80. The highest BCUT2D eigenvalue weighted by Crippen LogP contribution is 2.09. The van der Waals surface area contributed by atoms with E-state index < -0.39 is 15.8 Å². The lowest BCUT2D eigenvalue weighted by molar-refractivity contribution is 0.0592. The van der Waals surface area contributed by atoms with Gasteiger partial charge in [-0.25, -0.2) is 18.2 Å². The molecular weight excluding hydrogens is 268 g/mol. The maximum absolute atomic E-state index is 11.7. The van der Waals surface area contributed by atoms with Gasteiger partial charge in [-0.15, -0.1) is 11.6 Å². The Labute approximate surface area is 104 Å². The summed E-state index contributed by atoms with van der Waals surface area (Å²) in [5, 5.41) is -0.245. The third kappa shape index (κ3) is 3.64. The van der Waals surface area contributed by atoms with Gasteiger partial charge in [0.05, 0.1) is 25.3 Å². The summed E-state index contributed by atoms with van der Waals surface area (Å²) in [6.45, 7) is 0. The zero-order chi connectivity index (χ0) is 12.9. The van der Waals surface area contributed by atoms with Crippen LogP contribution in [0.25, 0.3) is 0 Å². The molecule has 17 heavy (non-hydrogen) atoms. The van der Waals surface area contributed by atoms with E-state index in [1.54, 1.807) is 0 Å². The Bertz CT molecular complexity index is 503. The lowest BCUT2D eigenvalue weighted by atomic mass is 10.5. The van der Waals surface area contributed by atoms with Crippen molar-refractivity contribution in [2.75, 3.05) is 18.7 Å². The second-order valence-corrected chi connectivity index (χ2v) is 5.53. The molecule has 1 aromatic rings. The van der Waals surface area contributed by atoms with E-state index in [1.165, 1.54) is 7.11 Å². The normalized spacial score (nSPS) is 11.2. The van der Waals surface area contributed by atoms with Crippen molar-refractivity contribution in [2.45, 2.75) is 11.4 Å². The van der Waals surface area contributed by atoms with Crippen LogP contribution in [-0.4, -0.2) is 43.1 Å². The first-order valence-corrected chi connectivity index (χ1v) is 6.89. The fourth-order valence-corrected chi connectivity index (χ4v) is 2.53. The number of carbonyl (C=O) groups excluding carboxylic acids is 1. The number of nitrogens with zero attached hydrogens (tertiary/aromatic N) is 2. The summed E-state index contributed by atoms with van der Waals surface area (Å²) in [6.07, 6.45) is 2.55. The zero-order valence-corrected chi connectivity index (χ0v) is 10.7. The number of methoxy groups -OCH3 is 1. The van der Waals surface area contributed by atoms with Crippen LogP contribution in [0.15, 0.2) is 17.4 Å². The Kier molecular flexibility index (Phi) is 4.83. The number of ether oxygens (including phenoxy) is 1. The standard InChI is InChI=1S/C9H11ClN2O4S/c1-16-9(13)7-5-11-6-8(12-7)17(14,15)4-2-3-10/h5-6H,2-4H2,1H3. The van der Waals surface area contributed by atoms with E-state index in [0.717, 1.165) is 12.4 Å². The van der Waals surface area contributed by atoms with Crippen LogP contribution in [0.3, 0.4) is 0 Å². The summed E-state index contributed by atoms with van der Waals surface area (Å²) in [5.41, 5.74) is -0.139. The predicted octanol–water partition coefficient (Wildman–Crippen LogP) is 0.666. The zero-order valence-electron chi connectivity index (χ0n) is 9.09. The molecule has 0 bridgehead atoms. The van der Waals surface area contributed by atoms with Crippen LogP contribution in [0.2, 0.25) is 0 Å². The summed E-state index contributed by atoms with van der Waals surface area (Å²) in [6, 6.07) is 0. The molecule has 0 radical (unpaired) electrons. The molecule has 8 heteroatoms. The molecule has 0 N–H and O–H groups in total. The second kappa shape index (κ2) is 5.92. The summed E-state index contributed by atoms with van der Waals surface area (Å²) in [7, 11) is -2.37. The minimum absolute atomic E-state index is 0.129. The first-order valence-electron chi connectivity index (χ1n) is 4.70. The first kappa shape index (κ1) is 13.9. The number of esters is 1. The molecule has 1 rings (SSSR count). The molecule has 0 fully saturated rings. The van der Waals surface area contributed by atoms with E-state index in [1.807, 2.05) is 0 Å². The maximum atomic E-state index is 11.7. The van der Waals surface area contributed by atoms with Gasteiger partial charge < -0.3 is 4.74 Å². The number of aromatic nitrogens is 2. The van der Waals surface area contributed by atoms with Gasteiger partial charge in [-0.3, -0.25) is 4.98 Å². The molecule has 0 amide bonds. The average Bonchev–Trinajstić information content (AvgIpc) is 2.35. The van der Waals surface area contributed by atoms with Gasteiger partial charge in [-0.05, 0) is 6.42 Å². The molecule has 0 aliphatic heterocycles. The van der Waals surface area contributed by atoms with Gasteiger partial charge in [0.1, 0.15) is 0 Å². The van der Waals surface area contributed by atoms with Gasteiger partial charge in [0.25, 0.3) is 0 Å². The first-order chi connectivity index (χ1) is 8.01. The van der Waals surface area contributed by atoms with Crippen LogP contribution in [0.1, 0.15) is 16.9 Å². The number of carbonyl (C=O) groups is 1. The van der Waals surface area contributed by atoms with Crippen LogP contribution in [-0.2, 0) is 14.6 Å². The van der Waals surface area contributed by atoms with Crippen LogP contribution >= 0.6 is 11.6 Å². The lowest BCUT2D eigenvalue weighted by Crippen LogP contribution is -2.13. The predicted molar refractivity (Wildman–Crippen MR) is 60.8 cm³/mol. The van der Waals surface area contributed by atoms with Gasteiger partial charge in [0.15, 0.2) is 20.6 Å². The molecule has 94 valence electrons. The highest BCUT2D eigenvalue weighted by Gasteiger charge is 2.18. The average molecular weight is 279 g/mol. The van der Waals surface area contributed by atoms with E-state index in [-0.39, 0.29) is 22.4 Å². The molecule has 1 aromatic heterocycles. The molecule has 1 heterocycles. The molecule has 0 atom stereocenters. The monoisotopic (exact) mass is 278 g/mol. The van der Waals surface area contributed by atoms with E-state index in [4.69, 9.17) is 11.6 Å². The van der Waals surface area contributed by atoms with Gasteiger partial charge in [0.2, 0.25) is 0 Å². The van der Waals surface area contributed by atoms with Crippen molar-refractivity contribution in [1.29, 1.82) is 0 Å². The SMILES string of the molecule is COC(=O)c1cncc(S(=O)(=O)CCCCl)n1. The van der Waals surface area contributed by atoms with Crippen molar-refractivity contribution in [3.63, 3.8) is 0 Å². The fourth-order valence-electron chi connectivity index (χ4n) is 1.05. The number of hydrogen-bond acceptors (Lipinski definition) is 6. The minimum atomic E-state index is -3.55. The minimum Gasteiger partial charge on any atom is -0.464 e. The third-order valence-electron chi connectivity index (χ3n) is 1.87. The van der Waals surface area contributed by atoms with Crippen molar-refractivity contribution >= 4 is 27.4 Å². The number of hydrogen-bond donors (Lipinski definition) is 0. The quantitative estimate of drug-likeness (QED) is 0.581. The highest BCUT2D eigenvalue weighted by molar-refractivity contribution is 7.91. The van der Waals surface area contributed by atoms with Crippen molar-refractivity contribution in [2.24, 2.45) is 0 Å². The molecule has 6 nitrogen and oxygen atoms in total. The Hall–Kier alpha value is -1.21. The summed E-state index contributed by atoms with van der Waals surface area (Å²) in [4.78, 5) is 18.5. The second-order valence-electron chi connectivity index (χ2n) is 3.10. The Morgan fingerprint density at radius 1 is 1.47 bits per heavy atom. The number of rotatable bonds is 5. The van der Waals surface area contributed by atoms with Crippen molar-refractivity contribution in [1.82, 2.24) is 9.97 Å². The highest BCUT2D eigenvalue weighted by atomic mass is 35.5. The lowest BCUT2D eigenvalue weighted by Gasteiger charge is -2.03. The van der Waals surface area contributed by atoms with Crippen molar-refractivity contribution < 1.29 is 17.9 Å². The molecule has 0 spiro atoms. The molecule has 0 aliphatic carbocycles. The molecule has 0 saturated heterocycles. The maximum Gasteiger partial charge on any atom is 0.358 e. The van der Waals surface area contributed by atoms with E-state index in [2.05, 4.69) is 14.7 Å². The van der Waals surface area contributed by atoms with Gasteiger partial charge in [0, 0.05) is 5.88 Å². The number of halogens is 1. The van der Waals surface area contributed by atoms with Crippen LogP contribution in [0, 0.1) is 0 Å². The smallest absolute Gasteiger partial charge is 0.358 e. The van der Waals surface area contributed by atoms with E-state index >= 15 is 0 Å². The summed E-state index contributed by atoms with van der Waals surface area (Å²) < 4.78 is 27.9. The van der Waals surface area contributed by atoms with Gasteiger partial charge >= 0.3 is 5.97 Å². The largest absolute Gasteiger partial charge is 0.464 e. The van der Waals surface area contributed by atoms with Crippen LogP contribution in [0.5, 0.6) is 0 Å². The van der Waals surface area contributed by atoms with Crippen LogP contribution in [0.4, 0.5) is 0 Å². The molecule has 0 saturated carbocycles. The van der Waals surface area contributed by atoms with Gasteiger partial charge in [-0.2, -0.15) is 0 Å². The summed E-state index contributed by atoms with van der Waals surface area (Å²) in [5.74, 6) is -0.619. The number of alkyl halides is 1. The van der Waals surface area contributed by atoms with E-state index in [0.29, 0.717) is 6.42 Å². The molecular formula is C9H11ClN2O4S.